The predicted molar refractivity (Wildman–Crippen MR) is 110 cm³/mol. The molecule has 0 heterocycles. The Hall–Kier alpha value is -4.20. The number of para-hydroxylation sites is 2. The molecule has 0 saturated heterocycles. The lowest BCUT2D eigenvalue weighted by Gasteiger charge is -2.09. The molecule has 0 aromatic heterocycles. The van der Waals surface area contributed by atoms with E-state index in [0.717, 1.165) is 11.1 Å². The van der Waals surface area contributed by atoms with E-state index in [0.29, 0.717) is 5.75 Å². The number of carbonyl (C=O) groups is 2. The quantitative estimate of drug-likeness (QED) is 0.346. The summed E-state index contributed by atoms with van der Waals surface area (Å²) in [5, 5.41) is 13.3. The van der Waals surface area contributed by atoms with Gasteiger partial charge in [-0.2, -0.15) is 0 Å². The number of hydrogen-bond donors (Lipinski definition) is 1. The molecule has 30 heavy (non-hydrogen) atoms. The number of anilines is 1. The fourth-order valence-electron chi connectivity index (χ4n) is 2.63. The highest BCUT2D eigenvalue weighted by molar-refractivity contribution is 5.94. The first-order chi connectivity index (χ1) is 14.5. The highest BCUT2D eigenvalue weighted by Gasteiger charge is 2.16. The molecule has 0 saturated carbocycles. The van der Waals surface area contributed by atoms with Gasteiger partial charge in [-0.1, -0.05) is 54.6 Å². The predicted octanol–water partition coefficient (Wildman–Crippen LogP) is 3.82. The fraction of sp³-hybridized carbons (Fsp3) is 0.0909. The van der Waals surface area contributed by atoms with Crippen molar-refractivity contribution in [2.24, 2.45) is 0 Å². The zero-order valence-corrected chi connectivity index (χ0v) is 15.8. The number of ether oxygens (including phenoxy) is 2. The molecule has 0 atom stereocenters. The van der Waals surface area contributed by atoms with Gasteiger partial charge >= 0.3 is 5.97 Å². The van der Waals surface area contributed by atoms with Crippen molar-refractivity contribution < 1.29 is 24.0 Å². The lowest BCUT2D eigenvalue weighted by Crippen LogP contribution is -2.24. The Morgan fingerprint density at radius 2 is 1.47 bits per heavy atom. The van der Waals surface area contributed by atoms with Crippen molar-refractivity contribution in [2.45, 2.75) is 0 Å². The Morgan fingerprint density at radius 3 is 2.17 bits per heavy atom. The van der Waals surface area contributed by atoms with Crippen molar-refractivity contribution in [3.8, 4) is 16.9 Å². The maximum absolute atomic E-state index is 11.9. The van der Waals surface area contributed by atoms with Crippen LogP contribution in [0.5, 0.6) is 5.75 Å². The number of rotatable bonds is 8. The van der Waals surface area contributed by atoms with Gasteiger partial charge in [-0.3, -0.25) is 14.9 Å². The van der Waals surface area contributed by atoms with Crippen LogP contribution in [-0.4, -0.2) is 30.0 Å². The number of carbonyl (C=O) groups excluding carboxylic acids is 2. The van der Waals surface area contributed by atoms with Gasteiger partial charge in [-0.15, -0.1) is 0 Å². The molecule has 0 fully saturated rings. The molecular formula is C22H18N2O6. The third-order valence-corrected chi connectivity index (χ3v) is 4.06. The van der Waals surface area contributed by atoms with Crippen molar-refractivity contribution in [1.29, 1.82) is 0 Å². The maximum atomic E-state index is 11.9. The summed E-state index contributed by atoms with van der Waals surface area (Å²) in [6, 6.07) is 22.7. The van der Waals surface area contributed by atoms with Crippen LogP contribution in [0, 0.1) is 10.1 Å². The van der Waals surface area contributed by atoms with Crippen molar-refractivity contribution in [2.75, 3.05) is 18.5 Å². The second-order valence-corrected chi connectivity index (χ2v) is 6.16. The summed E-state index contributed by atoms with van der Waals surface area (Å²) >= 11 is 0. The lowest BCUT2D eigenvalue weighted by atomic mass is 10.1. The average molecular weight is 406 g/mol. The van der Waals surface area contributed by atoms with Gasteiger partial charge in [0.25, 0.3) is 11.6 Å². The van der Waals surface area contributed by atoms with Crippen LogP contribution in [0.25, 0.3) is 11.1 Å². The largest absolute Gasteiger partial charge is 0.482 e. The van der Waals surface area contributed by atoms with Crippen LogP contribution >= 0.6 is 0 Å². The molecule has 1 amide bonds. The van der Waals surface area contributed by atoms with Crippen LogP contribution in [0.1, 0.15) is 0 Å². The van der Waals surface area contributed by atoms with Gasteiger partial charge in [0.2, 0.25) is 0 Å². The summed E-state index contributed by atoms with van der Waals surface area (Å²) in [7, 11) is 0. The number of esters is 1. The van der Waals surface area contributed by atoms with Gasteiger partial charge in [-0.25, -0.2) is 4.79 Å². The summed E-state index contributed by atoms with van der Waals surface area (Å²) in [6.45, 7) is -0.954. The minimum absolute atomic E-state index is 0.0262. The molecule has 0 radical (unpaired) electrons. The Balaban J connectivity index is 1.45. The van der Waals surface area contributed by atoms with Crippen LogP contribution in [0.15, 0.2) is 78.9 Å². The standard InChI is InChI=1S/C22H18N2O6/c25-21(23-19-8-4-5-9-20(19)24(27)28)14-30-22(26)15-29-18-12-10-17(11-13-18)16-6-2-1-3-7-16/h1-13H,14-15H2,(H,23,25). The molecule has 3 rings (SSSR count). The molecule has 0 spiro atoms. The summed E-state index contributed by atoms with van der Waals surface area (Å²) in [6.07, 6.45) is 0. The second-order valence-electron chi connectivity index (χ2n) is 6.16. The Morgan fingerprint density at radius 1 is 0.833 bits per heavy atom. The molecule has 0 aliphatic rings. The highest BCUT2D eigenvalue weighted by Crippen LogP contribution is 2.23. The van der Waals surface area contributed by atoms with E-state index in [1.54, 1.807) is 18.2 Å². The highest BCUT2D eigenvalue weighted by atomic mass is 16.6. The van der Waals surface area contributed by atoms with E-state index in [9.17, 15) is 19.7 Å². The Kier molecular flexibility index (Phi) is 6.73. The number of nitro groups is 1. The monoisotopic (exact) mass is 406 g/mol. The van der Waals surface area contributed by atoms with Crippen molar-refractivity contribution >= 4 is 23.3 Å². The van der Waals surface area contributed by atoms with Crippen LogP contribution < -0.4 is 10.1 Å². The number of nitrogens with one attached hydrogen (secondary N) is 1. The van der Waals surface area contributed by atoms with Crippen molar-refractivity contribution in [1.82, 2.24) is 0 Å². The SMILES string of the molecule is O=C(COC(=O)COc1ccc(-c2ccccc2)cc1)Nc1ccccc1[N+](=O)[O-]. The summed E-state index contributed by atoms with van der Waals surface area (Å²) in [5.74, 6) is -0.944. The van der Waals surface area contributed by atoms with Gasteiger partial charge in [0, 0.05) is 6.07 Å². The van der Waals surface area contributed by atoms with Crippen molar-refractivity contribution in [3.63, 3.8) is 0 Å². The first-order valence-electron chi connectivity index (χ1n) is 9.00. The lowest BCUT2D eigenvalue weighted by molar-refractivity contribution is -0.383. The molecule has 0 unspecified atom stereocenters. The van der Waals surface area contributed by atoms with Crippen LogP contribution in [0.4, 0.5) is 11.4 Å². The maximum Gasteiger partial charge on any atom is 0.344 e. The fourth-order valence-corrected chi connectivity index (χ4v) is 2.63. The molecule has 0 bridgehead atoms. The summed E-state index contributed by atoms with van der Waals surface area (Å²) < 4.78 is 10.2. The van der Waals surface area contributed by atoms with Crippen LogP contribution in [0.3, 0.4) is 0 Å². The van der Waals surface area contributed by atoms with Gasteiger partial charge in [0.05, 0.1) is 4.92 Å². The first-order valence-corrected chi connectivity index (χ1v) is 9.00. The molecule has 0 aliphatic heterocycles. The molecule has 0 aliphatic carbocycles. The van der Waals surface area contributed by atoms with Gasteiger partial charge in [0.1, 0.15) is 11.4 Å². The normalized spacial score (nSPS) is 10.1. The van der Waals surface area contributed by atoms with Crippen LogP contribution in [-0.2, 0) is 14.3 Å². The van der Waals surface area contributed by atoms with E-state index in [1.807, 2.05) is 42.5 Å². The Bertz CT molecular complexity index is 1040. The minimum atomic E-state index is -0.736. The summed E-state index contributed by atoms with van der Waals surface area (Å²) in [5.41, 5.74) is 1.85. The molecule has 3 aromatic carbocycles. The topological polar surface area (TPSA) is 108 Å². The third kappa shape index (κ3) is 5.65. The number of amides is 1. The second kappa shape index (κ2) is 9.83. The van der Waals surface area contributed by atoms with Gasteiger partial charge in [-0.05, 0) is 29.3 Å². The van der Waals surface area contributed by atoms with E-state index < -0.39 is 23.4 Å². The molecule has 1 N–H and O–H groups in total. The van der Waals surface area contributed by atoms with Crippen molar-refractivity contribution in [3.05, 3.63) is 89.0 Å². The van der Waals surface area contributed by atoms with E-state index in [1.165, 1.54) is 18.2 Å². The summed E-state index contributed by atoms with van der Waals surface area (Å²) in [4.78, 5) is 34.0. The zero-order valence-electron chi connectivity index (χ0n) is 15.8. The van der Waals surface area contributed by atoms with E-state index >= 15 is 0 Å². The van der Waals surface area contributed by atoms with E-state index in [-0.39, 0.29) is 18.0 Å². The molecule has 152 valence electrons. The minimum Gasteiger partial charge on any atom is -0.482 e. The van der Waals surface area contributed by atoms with Crippen LogP contribution in [0.2, 0.25) is 0 Å². The molecule has 8 heteroatoms. The smallest absolute Gasteiger partial charge is 0.344 e. The molecule has 8 nitrogen and oxygen atoms in total. The average Bonchev–Trinajstić information content (AvgIpc) is 2.77. The molecular weight excluding hydrogens is 388 g/mol. The Labute approximate surface area is 172 Å². The number of benzene rings is 3. The first kappa shape index (κ1) is 20.5. The van der Waals surface area contributed by atoms with E-state index in [4.69, 9.17) is 9.47 Å². The zero-order chi connectivity index (χ0) is 21.3. The number of hydrogen-bond acceptors (Lipinski definition) is 6. The third-order valence-electron chi connectivity index (χ3n) is 4.06. The number of nitro benzene ring substituents is 1. The molecule has 3 aromatic rings. The van der Waals surface area contributed by atoms with Gasteiger partial charge in [0.15, 0.2) is 13.2 Å². The van der Waals surface area contributed by atoms with Gasteiger partial charge < -0.3 is 14.8 Å². The van der Waals surface area contributed by atoms with E-state index in [2.05, 4.69) is 5.32 Å². The number of nitrogens with zero attached hydrogens (tertiary/aromatic N) is 1.